The van der Waals surface area contributed by atoms with Crippen LogP contribution in [0.3, 0.4) is 0 Å². The Morgan fingerprint density at radius 3 is 2.31 bits per heavy atom. The van der Waals surface area contributed by atoms with Gasteiger partial charge in [0.15, 0.2) is 11.5 Å². The van der Waals surface area contributed by atoms with Crippen LogP contribution in [0.25, 0.3) is 10.9 Å². The van der Waals surface area contributed by atoms with Crippen LogP contribution in [-0.2, 0) is 13.1 Å². The Hall–Kier alpha value is -2.91. The van der Waals surface area contributed by atoms with Gasteiger partial charge in [0, 0.05) is 44.9 Å². The molecule has 3 heterocycles. The largest absolute Gasteiger partial charge is 0.493 e. The minimum absolute atomic E-state index is 0.175. The number of piperazine rings is 1. The number of ether oxygens (including phenoxy) is 2. The number of hydrogen-bond acceptors (Lipinski definition) is 8. The zero-order valence-corrected chi connectivity index (χ0v) is 16.9. The topological polar surface area (TPSA) is 96.7 Å². The number of fused-ring (bicyclic) bond motifs is 1. The summed E-state index contributed by atoms with van der Waals surface area (Å²) in [6.45, 7) is 6.92. The van der Waals surface area contributed by atoms with E-state index < -0.39 is 0 Å². The second-order valence-electron chi connectivity index (χ2n) is 7.22. The molecule has 0 atom stereocenters. The minimum Gasteiger partial charge on any atom is -0.493 e. The third kappa shape index (κ3) is 4.25. The lowest BCUT2D eigenvalue weighted by Crippen LogP contribution is -2.45. The van der Waals surface area contributed by atoms with E-state index in [1.165, 1.54) is 0 Å². The van der Waals surface area contributed by atoms with Gasteiger partial charge in [-0.15, -0.1) is 0 Å². The van der Waals surface area contributed by atoms with E-state index in [4.69, 9.17) is 14.0 Å². The van der Waals surface area contributed by atoms with Crippen LogP contribution in [-0.4, -0.2) is 65.3 Å². The summed E-state index contributed by atoms with van der Waals surface area (Å²) in [6.07, 6.45) is 0. The SMILES string of the molecule is COc1cc2nc(CN3CCN(Cc4cc(C)on4)CC3)[nH]c(=O)c2cc1OC. The molecular formula is C20H25N5O4. The quantitative estimate of drug-likeness (QED) is 0.667. The molecule has 0 saturated carbocycles. The molecule has 1 aromatic carbocycles. The lowest BCUT2D eigenvalue weighted by Gasteiger charge is -2.33. The van der Waals surface area contributed by atoms with Gasteiger partial charge >= 0.3 is 0 Å². The standard InChI is InChI=1S/C20H25N5O4/c1-13-8-14(23-29-13)11-24-4-6-25(7-5-24)12-19-21-16-10-18(28-3)17(27-2)9-15(16)20(26)22-19/h8-10H,4-7,11-12H2,1-3H3,(H,21,22,26). The van der Waals surface area contributed by atoms with Gasteiger partial charge in [0.2, 0.25) is 0 Å². The number of nitrogens with zero attached hydrogens (tertiary/aromatic N) is 4. The van der Waals surface area contributed by atoms with Crippen LogP contribution in [0.1, 0.15) is 17.3 Å². The fraction of sp³-hybridized carbons (Fsp3) is 0.450. The van der Waals surface area contributed by atoms with Crippen molar-refractivity contribution in [2.45, 2.75) is 20.0 Å². The summed E-state index contributed by atoms with van der Waals surface area (Å²) in [5, 5.41) is 4.55. The molecule has 29 heavy (non-hydrogen) atoms. The lowest BCUT2D eigenvalue weighted by atomic mass is 10.2. The van der Waals surface area contributed by atoms with Gasteiger partial charge in [-0.2, -0.15) is 0 Å². The molecule has 154 valence electrons. The molecule has 1 fully saturated rings. The van der Waals surface area contributed by atoms with E-state index in [0.29, 0.717) is 34.8 Å². The van der Waals surface area contributed by atoms with Crippen LogP contribution in [0.2, 0.25) is 0 Å². The summed E-state index contributed by atoms with van der Waals surface area (Å²) in [6, 6.07) is 5.37. The van der Waals surface area contributed by atoms with Crippen molar-refractivity contribution in [3.63, 3.8) is 0 Å². The lowest BCUT2D eigenvalue weighted by molar-refractivity contribution is 0.118. The van der Waals surface area contributed by atoms with Crippen molar-refractivity contribution in [2.75, 3.05) is 40.4 Å². The zero-order chi connectivity index (χ0) is 20.4. The predicted molar refractivity (Wildman–Crippen MR) is 107 cm³/mol. The van der Waals surface area contributed by atoms with Crippen molar-refractivity contribution in [3.8, 4) is 11.5 Å². The number of aryl methyl sites for hydroxylation is 1. The summed E-state index contributed by atoms with van der Waals surface area (Å²) in [7, 11) is 3.11. The van der Waals surface area contributed by atoms with Gasteiger partial charge in [0.25, 0.3) is 5.56 Å². The number of rotatable bonds is 6. The average molecular weight is 399 g/mol. The first-order chi connectivity index (χ1) is 14.1. The summed E-state index contributed by atoms with van der Waals surface area (Å²) in [5.74, 6) is 2.55. The summed E-state index contributed by atoms with van der Waals surface area (Å²) >= 11 is 0. The van der Waals surface area contributed by atoms with Gasteiger partial charge in [-0.25, -0.2) is 4.98 Å². The first-order valence-corrected chi connectivity index (χ1v) is 9.57. The van der Waals surface area contributed by atoms with Crippen LogP contribution in [0.15, 0.2) is 27.5 Å². The Morgan fingerprint density at radius 1 is 1.03 bits per heavy atom. The Kier molecular flexibility index (Phi) is 5.50. The highest BCUT2D eigenvalue weighted by Gasteiger charge is 2.19. The van der Waals surface area contributed by atoms with E-state index in [1.807, 2.05) is 13.0 Å². The molecule has 0 unspecified atom stereocenters. The van der Waals surface area contributed by atoms with Crippen LogP contribution in [0.5, 0.6) is 11.5 Å². The van der Waals surface area contributed by atoms with Gasteiger partial charge in [-0.1, -0.05) is 5.16 Å². The highest BCUT2D eigenvalue weighted by Crippen LogP contribution is 2.30. The van der Waals surface area contributed by atoms with Crippen molar-refractivity contribution < 1.29 is 14.0 Å². The molecular weight excluding hydrogens is 374 g/mol. The number of methoxy groups -OCH3 is 2. The van der Waals surface area contributed by atoms with Crippen LogP contribution in [0, 0.1) is 6.92 Å². The van der Waals surface area contributed by atoms with Crippen LogP contribution < -0.4 is 15.0 Å². The normalized spacial score (nSPS) is 15.7. The molecule has 0 aliphatic carbocycles. The summed E-state index contributed by atoms with van der Waals surface area (Å²) in [4.78, 5) is 24.7. The smallest absolute Gasteiger partial charge is 0.258 e. The highest BCUT2D eigenvalue weighted by molar-refractivity contribution is 5.81. The van der Waals surface area contributed by atoms with Gasteiger partial charge in [-0.3, -0.25) is 14.6 Å². The van der Waals surface area contributed by atoms with E-state index in [0.717, 1.165) is 44.2 Å². The molecule has 4 rings (SSSR count). The van der Waals surface area contributed by atoms with E-state index in [-0.39, 0.29) is 5.56 Å². The molecule has 3 aromatic rings. The third-order valence-electron chi connectivity index (χ3n) is 5.16. The summed E-state index contributed by atoms with van der Waals surface area (Å²) in [5.41, 5.74) is 1.38. The van der Waals surface area contributed by atoms with E-state index >= 15 is 0 Å². The Labute approximate surface area is 168 Å². The molecule has 1 aliphatic rings. The molecule has 0 amide bonds. The number of aromatic nitrogens is 3. The summed E-state index contributed by atoms with van der Waals surface area (Å²) < 4.78 is 15.7. The van der Waals surface area contributed by atoms with Crippen molar-refractivity contribution >= 4 is 10.9 Å². The Balaban J connectivity index is 1.43. The van der Waals surface area contributed by atoms with Crippen LogP contribution >= 0.6 is 0 Å². The molecule has 1 N–H and O–H groups in total. The second kappa shape index (κ2) is 8.22. The molecule has 9 nitrogen and oxygen atoms in total. The Morgan fingerprint density at radius 2 is 1.69 bits per heavy atom. The molecule has 9 heteroatoms. The molecule has 0 spiro atoms. The van der Waals surface area contributed by atoms with Gasteiger partial charge in [-0.05, 0) is 13.0 Å². The van der Waals surface area contributed by atoms with Gasteiger partial charge in [0.1, 0.15) is 11.6 Å². The van der Waals surface area contributed by atoms with E-state index in [9.17, 15) is 4.79 Å². The van der Waals surface area contributed by atoms with Crippen molar-refractivity contribution in [1.29, 1.82) is 0 Å². The average Bonchev–Trinajstić information content (AvgIpc) is 3.13. The number of benzene rings is 1. The van der Waals surface area contributed by atoms with Crippen molar-refractivity contribution in [3.05, 3.63) is 45.8 Å². The first-order valence-electron chi connectivity index (χ1n) is 9.57. The minimum atomic E-state index is -0.175. The van der Waals surface area contributed by atoms with Crippen LogP contribution in [0.4, 0.5) is 0 Å². The van der Waals surface area contributed by atoms with Crippen molar-refractivity contribution in [1.82, 2.24) is 24.9 Å². The fourth-order valence-electron chi connectivity index (χ4n) is 3.63. The van der Waals surface area contributed by atoms with Gasteiger partial charge in [0.05, 0.1) is 37.4 Å². The Bertz CT molecular complexity index is 1050. The maximum atomic E-state index is 12.5. The van der Waals surface area contributed by atoms with Crippen molar-refractivity contribution in [2.24, 2.45) is 0 Å². The first kappa shape index (κ1) is 19.4. The van der Waals surface area contributed by atoms with Gasteiger partial charge < -0.3 is 19.0 Å². The number of hydrogen-bond donors (Lipinski definition) is 1. The third-order valence-corrected chi connectivity index (χ3v) is 5.16. The molecule has 0 bridgehead atoms. The highest BCUT2D eigenvalue weighted by atomic mass is 16.5. The fourth-order valence-corrected chi connectivity index (χ4v) is 3.63. The number of H-pyrrole nitrogens is 1. The molecule has 0 radical (unpaired) electrons. The number of nitrogens with one attached hydrogen (secondary N) is 1. The second-order valence-corrected chi connectivity index (χ2v) is 7.22. The van der Waals surface area contributed by atoms with E-state index in [2.05, 4.69) is 24.9 Å². The zero-order valence-electron chi connectivity index (χ0n) is 16.9. The number of aromatic amines is 1. The monoisotopic (exact) mass is 399 g/mol. The maximum Gasteiger partial charge on any atom is 0.258 e. The molecule has 2 aromatic heterocycles. The molecule has 1 saturated heterocycles. The molecule has 1 aliphatic heterocycles. The predicted octanol–water partition coefficient (Wildman–Crippen LogP) is 1.55. The maximum absolute atomic E-state index is 12.5. The van der Waals surface area contributed by atoms with E-state index in [1.54, 1.807) is 26.4 Å².